The second-order valence-electron chi connectivity index (χ2n) is 13.0. The summed E-state index contributed by atoms with van der Waals surface area (Å²) in [5.41, 5.74) is -1.82. The van der Waals surface area contributed by atoms with E-state index in [1.54, 1.807) is 55.4 Å². The highest BCUT2D eigenvalue weighted by atomic mass is 19.4. The van der Waals surface area contributed by atoms with Gasteiger partial charge in [-0.2, -0.15) is 31.3 Å². The first kappa shape index (κ1) is 42.8. The fourth-order valence-corrected chi connectivity index (χ4v) is 3.78. The topological polar surface area (TPSA) is 149 Å². The van der Waals surface area contributed by atoms with Crippen LogP contribution < -0.4 is 10.6 Å². The van der Waals surface area contributed by atoms with Crippen LogP contribution in [0, 0.1) is 11.8 Å². The molecule has 0 spiro atoms. The van der Waals surface area contributed by atoms with Gasteiger partial charge in [-0.1, -0.05) is 20.3 Å². The number of amidine groups is 1. The van der Waals surface area contributed by atoms with Crippen molar-refractivity contribution in [3.05, 3.63) is 0 Å². The lowest BCUT2D eigenvalue weighted by Crippen LogP contribution is -2.49. The predicted molar refractivity (Wildman–Crippen MR) is 154 cm³/mol. The Kier molecular flexibility index (Phi) is 16.4. The number of alkyl carbamates (subject to hydrolysis) is 1. The zero-order chi connectivity index (χ0) is 36.3. The van der Waals surface area contributed by atoms with Crippen molar-refractivity contribution in [2.24, 2.45) is 16.8 Å². The maximum atomic E-state index is 13.0. The van der Waals surface area contributed by atoms with Gasteiger partial charge < -0.3 is 24.3 Å². The lowest BCUT2D eigenvalue weighted by molar-refractivity contribution is -0.319. The van der Waals surface area contributed by atoms with E-state index >= 15 is 0 Å². The van der Waals surface area contributed by atoms with Crippen LogP contribution in [0.5, 0.6) is 0 Å². The van der Waals surface area contributed by atoms with Gasteiger partial charge in [-0.3, -0.25) is 14.9 Å². The second-order valence-corrected chi connectivity index (χ2v) is 13.0. The Hall–Kier alpha value is -3.24. The van der Waals surface area contributed by atoms with Crippen molar-refractivity contribution in [1.29, 1.82) is 0 Å². The highest BCUT2D eigenvalue weighted by Crippen LogP contribution is 2.35. The number of ketones is 2. The molecule has 0 aliphatic heterocycles. The molecule has 0 rings (SSSR count). The number of aliphatic imine (C=N–C) groups is 1. The number of carbonyl (C=O) groups is 5. The summed E-state index contributed by atoms with van der Waals surface area (Å²) in [6, 6.07) is -1.59. The normalized spacial score (nSPS) is 14.5. The average molecular weight is 678 g/mol. The van der Waals surface area contributed by atoms with E-state index in [1.165, 1.54) is 6.92 Å². The molecular formula is C29H45F6N3O8. The van der Waals surface area contributed by atoms with E-state index in [1.807, 2.05) is 0 Å². The summed E-state index contributed by atoms with van der Waals surface area (Å²) in [6.07, 6.45) is -18.5. The third kappa shape index (κ3) is 18.7. The van der Waals surface area contributed by atoms with Crippen LogP contribution in [0.4, 0.5) is 35.9 Å². The molecule has 0 bridgehead atoms. The van der Waals surface area contributed by atoms with Crippen molar-refractivity contribution in [3.8, 4) is 0 Å². The summed E-state index contributed by atoms with van der Waals surface area (Å²) in [6.45, 7) is 12.4. The molecule has 17 heteroatoms. The van der Waals surface area contributed by atoms with Crippen molar-refractivity contribution in [2.75, 3.05) is 6.61 Å². The number of Topliss-reactive ketones (excluding diaryl/α,β-unsaturated/α-hetero) is 2. The molecule has 3 amide bonds. The fourth-order valence-electron chi connectivity index (χ4n) is 3.78. The van der Waals surface area contributed by atoms with Gasteiger partial charge in [-0.15, -0.1) is 0 Å². The monoisotopic (exact) mass is 677 g/mol. The number of alkyl halides is 6. The zero-order valence-corrected chi connectivity index (χ0v) is 27.5. The van der Waals surface area contributed by atoms with Gasteiger partial charge in [0.25, 0.3) is 0 Å². The van der Waals surface area contributed by atoms with E-state index in [0.29, 0.717) is 0 Å². The molecule has 0 aliphatic carbocycles. The minimum Gasteiger partial charge on any atom is -0.444 e. The first-order chi connectivity index (χ1) is 20.6. The molecule has 0 radical (unpaired) electrons. The zero-order valence-electron chi connectivity index (χ0n) is 27.5. The molecule has 266 valence electrons. The molecule has 0 unspecified atom stereocenters. The molecule has 0 fully saturated rings. The van der Waals surface area contributed by atoms with Crippen LogP contribution in [-0.4, -0.2) is 77.8 Å². The fraction of sp³-hybridized carbons (Fsp3) is 0.793. The lowest BCUT2D eigenvalue weighted by atomic mass is 9.89. The average Bonchev–Trinajstić information content (AvgIpc) is 2.79. The first-order valence-corrected chi connectivity index (χ1v) is 14.5. The molecule has 2 N–H and O–H groups in total. The maximum Gasteiger partial charge on any atom is 0.435 e. The summed E-state index contributed by atoms with van der Waals surface area (Å²) in [5, 5.41) is 4.66. The number of nitrogens with one attached hydrogen (secondary N) is 2. The Morgan fingerprint density at radius 2 is 1.33 bits per heavy atom. The minimum atomic E-state index is -5.85. The van der Waals surface area contributed by atoms with E-state index < -0.39 is 78.0 Å². The predicted octanol–water partition coefficient (Wildman–Crippen LogP) is 6.22. The van der Waals surface area contributed by atoms with Crippen LogP contribution in [0.25, 0.3) is 0 Å². The van der Waals surface area contributed by atoms with E-state index in [0.717, 1.165) is 0 Å². The van der Waals surface area contributed by atoms with Gasteiger partial charge >= 0.3 is 24.5 Å². The SMILES string of the molecule is CC(=O)C[C@H](C(=O)N[C@@H](CCCCC(=NC(=O)OC(C)(C)C)NC(=O)OC(C)(C)C)C(=O)COC(C(F)(F)F)C(F)(F)F)C(C)C. The first-order valence-electron chi connectivity index (χ1n) is 14.5. The molecule has 11 nitrogen and oxygen atoms in total. The third-order valence-electron chi connectivity index (χ3n) is 5.76. The summed E-state index contributed by atoms with van der Waals surface area (Å²) in [5.74, 6) is -3.94. The van der Waals surface area contributed by atoms with Crippen LogP contribution in [0.1, 0.15) is 94.4 Å². The van der Waals surface area contributed by atoms with Gasteiger partial charge in [-0.25, -0.2) is 9.59 Å². The van der Waals surface area contributed by atoms with E-state index in [-0.39, 0.29) is 43.7 Å². The van der Waals surface area contributed by atoms with Gasteiger partial charge in [0.15, 0.2) is 5.78 Å². The van der Waals surface area contributed by atoms with E-state index in [2.05, 4.69) is 20.4 Å². The van der Waals surface area contributed by atoms with Crippen molar-refractivity contribution in [2.45, 2.75) is 130 Å². The van der Waals surface area contributed by atoms with E-state index in [9.17, 15) is 50.3 Å². The van der Waals surface area contributed by atoms with Gasteiger partial charge in [0, 0.05) is 18.8 Å². The number of nitrogens with zero attached hydrogens (tertiary/aromatic N) is 1. The smallest absolute Gasteiger partial charge is 0.435 e. The van der Waals surface area contributed by atoms with Crippen LogP contribution in [0.2, 0.25) is 0 Å². The minimum absolute atomic E-state index is 0.00104. The molecular weight excluding hydrogens is 632 g/mol. The van der Waals surface area contributed by atoms with Crippen molar-refractivity contribution < 1.29 is 64.5 Å². The standard InChI is InChI=1S/C29H45F6N3O8/c1-16(2)18(14-17(3)39)22(41)36-19(20(40)15-44-23(28(30,31)32)29(33,34)35)12-10-11-13-21(37-24(42)45-26(4,5)6)38-25(43)46-27(7,8)9/h16,18-19,23H,10-15H2,1-9H3,(H,36,41)(H,37,38,42,43)/t18-,19-/m0/s1. The van der Waals surface area contributed by atoms with Crippen molar-refractivity contribution in [1.82, 2.24) is 10.6 Å². The van der Waals surface area contributed by atoms with Gasteiger partial charge in [0.05, 0.1) is 6.04 Å². The van der Waals surface area contributed by atoms with Crippen LogP contribution in [0.3, 0.4) is 0 Å². The number of unbranched alkanes of at least 4 members (excludes halogenated alkanes) is 1. The number of rotatable bonds is 14. The van der Waals surface area contributed by atoms with Gasteiger partial charge in [0.1, 0.15) is 29.4 Å². The Labute approximate surface area is 264 Å². The molecule has 0 aromatic carbocycles. The molecule has 0 heterocycles. The number of hydrogen-bond donors (Lipinski definition) is 2. The molecule has 0 saturated carbocycles. The summed E-state index contributed by atoms with van der Waals surface area (Å²) < 4.78 is 91.9. The highest BCUT2D eigenvalue weighted by molar-refractivity contribution is 6.00. The maximum absolute atomic E-state index is 13.0. The van der Waals surface area contributed by atoms with Crippen LogP contribution in [0.15, 0.2) is 4.99 Å². The molecule has 0 saturated heterocycles. The van der Waals surface area contributed by atoms with Crippen LogP contribution >= 0.6 is 0 Å². The second kappa shape index (κ2) is 17.6. The summed E-state index contributed by atoms with van der Waals surface area (Å²) in [4.78, 5) is 65.7. The number of hydrogen-bond acceptors (Lipinski definition) is 8. The molecule has 46 heavy (non-hydrogen) atoms. The number of halogens is 6. The van der Waals surface area contributed by atoms with Crippen LogP contribution in [-0.2, 0) is 28.6 Å². The third-order valence-corrected chi connectivity index (χ3v) is 5.76. The van der Waals surface area contributed by atoms with Gasteiger partial charge in [-0.05, 0) is 67.2 Å². The Morgan fingerprint density at radius 1 is 0.804 bits per heavy atom. The number of amides is 3. The summed E-state index contributed by atoms with van der Waals surface area (Å²) in [7, 11) is 0. The Morgan fingerprint density at radius 3 is 1.76 bits per heavy atom. The summed E-state index contributed by atoms with van der Waals surface area (Å²) >= 11 is 0. The molecule has 0 aromatic rings. The Bertz CT molecular complexity index is 1080. The molecule has 0 aliphatic rings. The highest BCUT2D eigenvalue weighted by Gasteiger charge is 2.58. The van der Waals surface area contributed by atoms with Gasteiger partial charge in [0.2, 0.25) is 12.0 Å². The number of ether oxygens (including phenoxy) is 3. The van der Waals surface area contributed by atoms with E-state index in [4.69, 9.17) is 9.47 Å². The number of carbonyl (C=O) groups excluding carboxylic acids is 5. The molecule has 0 aromatic heterocycles. The molecule has 2 atom stereocenters. The van der Waals surface area contributed by atoms with Crippen molar-refractivity contribution >= 4 is 35.5 Å². The lowest BCUT2D eigenvalue weighted by Gasteiger charge is -2.26. The Balaban J connectivity index is 5.94. The quantitative estimate of drug-likeness (QED) is 0.0953. The van der Waals surface area contributed by atoms with Crippen molar-refractivity contribution in [3.63, 3.8) is 0 Å². The largest absolute Gasteiger partial charge is 0.444 e.